The Morgan fingerprint density at radius 1 is 1.07 bits per heavy atom. The van der Waals surface area contributed by atoms with E-state index in [1.807, 2.05) is 0 Å². The third kappa shape index (κ3) is 4.01. The first-order chi connectivity index (χ1) is 12.7. The number of carboxylic acid groups (broad SMARTS) is 1. The molecule has 0 saturated carbocycles. The van der Waals surface area contributed by atoms with Gasteiger partial charge in [0.2, 0.25) is 10.0 Å². The first-order valence-electron chi connectivity index (χ1n) is 9.34. The highest BCUT2D eigenvalue weighted by atomic mass is 32.2. The van der Waals surface area contributed by atoms with Crippen LogP contribution in [0.2, 0.25) is 0 Å². The van der Waals surface area contributed by atoms with Crippen LogP contribution in [-0.2, 0) is 14.8 Å². The average molecular weight is 394 g/mol. The molecule has 1 N–H and O–H groups in total. The molecule has 2 aliphatic heterocycles. The second-order valence-electron chi connectivity index (χ2n) is 7.79. The van der Waals surface area contributed by atoms with E-state index < -0.39 is 22.0 Å². The van der Waals surface area contributed by atoms with Crippen molar-refractivity contribution in [1.82, 2.24) is 9.21 Å². The standard InChI is InChI=1S/C19H26N2O5S/c1-13-10-14(2)12-20(11-13)27(25,26)16-7-5-15(6-8-16)18(22)21-9-3-4-17(21)19(23)24/h5-8,13-14,17H,3-4,9-12H2,1-2H3,(H,23,24). The molecule has 3 unspecified atom stereocenters. The number of likely N-dealkylation sites (tertiary alicyclic amines) is 1. The molecule has 2 saturated heterocycles. The number of aliphatic carboxylic acids is 1. The quantitative estimate of drug-likeness (QED) is 0.843. The molecular formula is C19H26N2O5S. The molecule has 0 aromatic heterocycles. The second kappa shape index (κ2) is 7.59. The molecule has 1 aromatic carbocycles. The molecular weight excluding hydrogens is 368 g/mol. The molecule has 7 nitrogen and oxygen atoms in total. The van der Waals surface area contributed by atoms with Gasteiger partial charge in [-0.1, -0.05) is 13.8 Å². The lowest BCUT2D eigenvalue weighted by atomic mass is 9.94. The summed E-state index contributed by atoms with van der Waals surface area (Å²) >= 11 is 0. The molecule has 0 bridgehead atoms. The molecule has 1 aromatic rings. The van der Waals surface area contributed by atoms with Gasteiger partial charge in [-0.05, 0) is 55.4 Å². The van der Waals surface area contributed by atoms with Crippen LogP contribution in [0.5, 0.6) is 0 Å². The first kappa shape index (κ1) is 19.8. The smallest absolute Gasteiger partial charge is 0.326 e. The monoisotopic (exact) mass is 394 g/mol. The van der Waals surface area contributed by atoms with Gasteiger partial charge in [-0.15, -0.1) is 0 Å². The van der Waals surface area contributed by atoms with Crippen LogP contribution >= 0.6 is 0 Å². The third-order valence-corrected chi connectivity index (χ3v) is 7.22. The fraction of sp³-hybridized carbons (Fsp3) is 0.579. The summed E-state index contributed by atoms with van der Waals surface area (Å²) in [5, 5.41) is 9.24. The molecule has 0 radical (unpaired) electrons. The van der Waals surface area contributed by atoms with Crippen LogP contribution in [0.4, 0.5) is 0 Å². The van der Waals surface area contributed by atoms with Gasteiger partial charge in [0.1, 0.15) is 6.04 Å². The van der Waals surface area contributed by atoms with Gasteiger partial charge in [0.25, 0.3) is 5.91 Å². The molecule has 2 fully saturated rings. The van der Waals surface area contributed by atoms with E-state index in [9.17, 15) is 23.1 Å². The SMILES string of the molecule is CC1CC(C)CN(S(=O)(=O)c2ccc(C(=O)N3CCCC3C(=O)O)cc2)C1. The molecule has 27 heavy (non-hydrogen) atoms. The van der Waals surface area contributed by atoms with Gasteiger partial charge in [0.05, 0.1) is 4.90 Å². The molecule has 8 heteroatoms. The summed E-state index contributed by atoms with van der Waals surface area (Å²) in [5.74, 6) is -0.752. The number of hydrogen-bond donors (Lipinski definition) is 1. The summed E-state index contributed by atoms with van der Waals surface area (Å²) in [5.41, 5.74) is 0.308. The normalized spacial score (nSPS) is 26.9. The number of carbonyl (C=O) groups excluding carboxylic acids is 1. The zero-order valence-electron chi connectivity index (χ0n) is 15.7. The van der Waals surface area contributed by atoms with Crippen LogP contribution in [0.1, 0.15) is 43.5 Å². The highest BCUT2D eigenvalue weighted by Gasteiger charge is 2.35. The fourth-order valence-electron chi connectivity index (χ4n) is 4.15. The molecule has 3 atom stereocenters. The Labute approximate surface area is 160 Å². The second-order valence-corrected chi connectivity index (χ2v) is 9.73. The molecule has 3 rings (SSSR count). The van der Waals surface area contributed by atoms with Crippen molar-refractivity contribution in [3.63, 3.8) is 0 Å². The fourth-order valence-corrected chi connectivity index (χ4v) is 5.83. The summed E-state index contributed by atoms with van der Waals surface area (Å²) in [6.07, 6.45) is 2.11. The number of benzene rings is 1. The van der Waals surface area contributed by atoms with E-state index in [-0.39, 0.29) is 10.8 Å². The van der Waals surface area contributed by atoms with Crippen LogP contribution in [0.25, 0.3) is 0 Å². The Morgan fingerprint density at radius 3 is 2.22 bits per heavy atom. The van der Waals surface area contributed by atoms with Crippen molar-refractivity contribution in [2.24, 2.45) is 11.8 Å². The van der Waals surface area contributed by atoms with Gasteiger partial charge in [0.15, 0.2) is 0 Å². The predicted molar refractivity (Wildman–Crippen MR) is 99.8 cm³/mol. The maximum Gasteiger partial charge on any atom is 0.326 e. The van der Waals surface area contributed by atoms with Crippen LogP contribution in [0.3, 0.4) is 0 Å². The maximum absolute atomic E-state index is 12.9. The Kier molecular flexibility index (Phi) is 5.58. The van der Waals surface area contributed by atoms with Gasteiger partial charge in [-0.3, -0.25) is 4.79 Å². The van der Waals surface area contributed by atoms with Crippen molar-refractivity contribution >= 4 is 21.9 Å². The summed E-state index contributed by atoms with van der Waals surface area (Å²) in [6.45, 7) is 5.51. The van der Waals surface area contributed by atoms with Crippen molar-refractivity contribution in [3.8, 4) is 0 Å². The molecule has 2 aliphatic rings. The number of nitrogens with zero attached hydrogens (tertiary/aromatic N) is 2. The van der Waals surface area contributed by atoms with Crippen molar-refractivity contribution in [2.45, 2.75) is 44.0 Å². The lowest BCUT2D eigenvalue weighted by molar-refractivity contribution is -0.141. The Bertz CT molecular complexity index is 811. The number of carbonyl (C=O) groups is 2. The van der Waals surface area contributed by atoms with Crippen LogP contribution in [0, 0.1) is 11.8 Å². The predicted octanol–water partition coefficient (Wildman–Crippen LogP) is 2.04. The number of hydrogen-bond acceptors (Lipinski definition) is 4. The van der Waals surface area contributed by atoms with E-state index in [0.29, 0.717) is 49.9 Å². The van der Waals surface area contributed by atoms with Crippen molar-refractivity contribution in [1.29, 1.82) is 0 Å². The molecule has 0 spiro atoms. The largest absolute Gasteiger partial charge is 0.480 e. The van der Waals surface area contributed by atoms with Gasteiger partial charge < -0.3 is 10.0 Å². The lowest BCUT2D eigenvalue weighted by Crippen LogP contribution is -2.42. The van der Waals surface area contributed by atoms with E-state index in [1.165, 1.54) is 33.5 Å². The number of sulfonamides is 1. The van der Waals surface area contributed by atoms with E-state index in [2.05, 4.69) is 13.8 Å². The number of carboxylic acids is 1. The van der Waals surface area contributed by atoms with Gasteiger partial charge >= 0.3 is 5.97 Å². The van der Waals surface area contributed by atoms with E-state index in [1.54, 1.807) is 0 Å². The topological polar surface area (TPSA) is 95.0 Å². The summed E-state index contributed by atoms with van der Waals surface area (Å²) in [6, 6.07) is 5.03. The minimum Gasteiger partial charge on any atom is -0.480 e. The zero-order valence-corrected chi connectivity index (χ0v) is 16.5. The highest BCUT2D eigenvalue weighted by Crippen LogP contribution is 2.27. The minimum atomic E-state index is -3.60. The summed E-state index contributed by atoms with van der Waals surface area (Å²) < 4.78 is 27.3. The van der Waals surface area contributed by atoms with Crippen LogP contribution < -0.4 is 0 Å². The average Bonchev–Trinajstić information content (AvgIpc) is 3.10. The molecule has 148 valence electrons. The zero-order chi connectivity index (χ0) is 19.8. The van der Waals surface area contributed by atoms with Crippen molar-refractivity contribution in [2.75, 3.05) is 19.6 Å². The van der Waals surface area contributed by atoms with E-state index >= 15 is 0 Å². The highest BCUT2D eigenvalue weighted by molar-refractivity contribution is 7.89. The Hall–Kier alpha value is -1.93. The van der Waals surface area contributed by atoms with Crippen LogP contribution in [-0.4, -0.2) is 60.3 Å². The lowest BCUT2D eigenvalue weighted by Gasteiger charge is -2.34. The Balaban J connectivity index is 1.78. The summed E-state index contributed by atoms with van der Waals surface area (Å²) in [4.78, 5) is 25.4. The van der Waals surface area contributed by atoms with Crippen molar-refractivity contribution in [3.05, 3.63) is 29.8 Å². The maximum atomic E-state index is 12.9. The van der Waals surface area contributed by atoms with Crippen LogP contribution in [0.15, 0.2) is 29.2 Å². The van der Waals surface area contributed by atoms with E-state index in [4.69, 9.17) is 0 Å². The summed E-state index contributed by atoms with van der Waals surface area (Å²) in [7, 11) is -3.60. The molecule has 0 aliphatic carbocycles. The minimum absolute atomic E-state index is 0.163. The van der Waals surface area contributed by atoms with E-state index in [0.717, 1.165) is 6.42 Å². The van der Waals surface area contributed by atoms with Crippen molar-refractivity contribution < 1.29 is 23.1 Å². The third-order valence-electron chi connectivity index (χ3n) is 5.37. The van der Waals surface area contributed by atoms with Gasteiger partial charge in [-0.25, -0.2) is 13.2 Å². The van der Waals surface area contributed by atoms with Gasteiger partial charge in [0, 0.05) is 25.2 Å². The molecule has 1 amide bonds. The molecule has 2 heterocycles. The number of rotatable bonds is 4. The van der Waals surface area contributed by atoms with Gasteiger partial charge in [-0.2, -0.15) is 4.31 Å². The number of amides is 1. The number of piperidine rings is 1. The Morgan fingerprint density at radius 2 is 1.67 bits per heavy atom. The first-order valence-corrected chi connectivity index (χ1v) is 10.8.